The summed E-state index contributed by atoms with van der Waals surface area (Å²) in [4.78, 5) is 0. The van der Waals surface area contributed by atoms with Crippen LogP contribution in [0.25, 0.3) is 10.6 Å². The van der Waals surface area contributed by atoms with Gasteiger partial charge in [-0.2, -0.15) is 0 Å². The van der Waals surface area contributed by atoms with Crippen LogP contribution in [0.15, 0.2) is 18.2 Å². The van der Waals surface area contributed by atoms with Crippen LogP contribution in [-0.2, 0) is 0 Å². The first-order valence-corrected chi connectivity index (χ1v) is 7.84. The van der Waals surface area contributed by atoms with Crippen LogP contribution in [0.3, 0.4) is 0 Å². The van der Waals surface area contributed by atoms with E-state index in [4.69, 9.17) is 9.47 Å². The molecule has 1 unspecified atom stereocenters. The molecule has 0 aliphatic carbocycles. The molecule has 0 aliphatic rings. The number of rotatable bonds is 7. The highest BCUT2D eigenvalue weighted by Crippen LogP contribution is 2.36. The molecule has 1 heterocycles. The molecule has 0 saturated carbocycles. The van der Waals surface area contributed by atoms with Gasteiger partial charge in [0, 0.05) is 0 Å². The summed E-state index contributed by atoms with van der Waals surface area (Å²) in [7, 11) is 3.30. The number of nitrogens with zero attached hydrogens (tertiary/aromatic N) is 2. The molecule has 0 fully saturated rings. The molecule has 0 bridgehead atoms. The van der Waals surface area contributed by atoms with Gasteiger partial charge in [-0.05, 0) is 31.2 Å². The molecule has 0 amide bonds. The average molecular weight is 307 g/mol. The average Bonchev–Trinajstić information content (AvgIpc) is 3.01. The molecule has 0 spiro atoms. The molecular formula is C15H21N3O2S. The lowest BCUT2D eigenvalue weighted by Gasteiger charge is -2.11. The largest absolute Gasteiger partial charge is 0.497 e. The normalized spacial score (nSPS) is 12.2. The quantitative estimate of drug-likeness (QED) is 0.850. The minimum absolute atomic E-state index is 0.248. The highest BCUT2D eigenvalue weighted by Gasteiger charge is 2.17. The summed E-state index contributed by atoms with van der Waals surface area (Å²) in [6.07, 6.45) is 0.984. The third-order valence-electron chi connectivity index (χ3n) is 3.23. The van der Waals surface area contributed by atoms with E-state index in [-0.39, 0.29) is 6.04 Å². The highest BCUT2D eigenvalue weighted by atomic mass is 32.1. The molecule has 6 heteroatoms. The first kappa shape index (κ1) is 15.7. The summed E-state index contributed by atoms with van der Waals surface area (Å²) in [5.74, 6) is 1.55. The molecule has 1 aromatic carbocycles. The van der Waals surface area contributed by atoms with Crippen molar-refractivity contribution in [2.45, 2.75) is 26.3 Å². The minimum Gasteiger partial charge on any atom is -0.497 e. The zero-order valence-corrected chi connectivity index (χ0v) is 13.7. The fourth-order valence-corrected chi connectivity index (χ4v) is 3.14. The maximum absolute atomic E-state index is 5.41. The summed E-state index contributed by atoms with van der Waals surface area (Å²) >= 11 is 1.59. The fraction of sp³-hybridized carbons (Fsp3) is 0.467. The van der Waals surface area contributed by atoms with Crippen molar-refractivity contribution >= 4 is 11.3 Å². The molecule has 2 aromatic rings. The van der Waals surface area contributed by atoms with E-state index in [9.17, 15) is 0 Å². The smallest absolute Gasteiger partial charge is 0.151 e. The summed E-state index contributed by atoms with van der Waals surface area (Å²) < 4.78 is 10.7. The fourth-order valence-electron chi connectivity index (χ4n) is 2.12. The van der Waals surface area contributed by atoms with Gasteiger partial charge in [0.25, 0.3) is 0 Å². The third kappa shape index (κ3) is 3.51. The van der Waals surface area contributed by atoms with Gasteiger partial charge in [-0.1, -0.05) is 25.2 Å². The van der Waals surface area contributed by atoms with Crippen molar-refractivity contribution in [2.24, 2.45) is 0 Å². The first-order valence-electron chi connectivity index (χ1n) is 7.02. The summed E-state index contributed by atoms with van der Waals surface area (Å²) in [6.45, 7) is 5.14. The number of methoxy groups -OCH3 is 2. The molecule has 5 nitrogen and oxygen atoms in total. The topological polar surface area (TPSA) is 56.3 Å². The standard InChI is InChI=1S/C15H21N3O2S/c1-5-12(16-6-2)15-18-17-14(21-15)11-9-10(19-3)7-8-13(11)20-4/h7-9,12,16H,5-6H2,1-4H3. The van der Waals surface area contributed by atoms with Crippen LogP contribution in [0.5, 0.6) is 11.5 Å². The van der Waals surface area contributed by atoms with Gasteiger partial charge in [0.2, 0.25) is 0 Å². The van der Waals surface area contributed by atoms with Gasteiger partial charge in [-0.3, -0.25) is 0 Å². The van der Waals surface area contributed by atoms with Crippen LogP contribution in [0.2, 0.25) is 0 Å². The Morgan fingerprint density at radius 2 is 2.00 bits per heavy atom. The monoisotopic (exact) mass is 307 g/mol. The molecule has 2 rings (SSSR count). The van der Waals surface area contributed by atoms with E-state index in [0.717, 1.165) is 40.0 Å². The Bertz CT molecular complexity index is 586. The number of hydrogen-bond donors (Lipinski definition) is 1. The van der Waals surface area contributed by atoms with Gasteiger partial charge in [-0.15, -0.1) is 10.2 Å². The van der Waals surface area contributed by atoms with Gasteiger partial charge >= 0.3 is 0 Å². The molecule has 0 aliphatic heterocycles. The number of benzene rings is 1. The van der Waals surface area contributed by atoms with Crippen molar-refractivity contribution in [3.05, 3.63) is 23.2 Å². The predicted octanol–water partition coefficient (Wildman–Crippen LogP) is 3.28. The van der Waals surface area contributed by atoms with Gasteiger partial charge in [-0.25, -0.2) is 0 Å². The Kier molecular flexibility index (Phi) is 5.52. The third-order valence-corrected chi connectivity index (χ3v) is 4.30. The molecule has 1 atom stereocenters. The molecule has 1 aromatic heterocycles. The van der Waals surface area contributed by atoms with Crippen LogP contribution in [0.4, 0.5) is 0 Å². The van der Waals surface area contributed by atoms with Crippen molar-refractivity contribution in [2.75, 3.05) is 20.8 Å². The van der Waals surface area contributed by atoms with Crippen molar-refractivity contribution in [3.63, 3.8) is 0 Å². The van der Waals surface area contributed by atoms with E-state index >= 15 is 0 Å². The van der Waals surface area contributed by atoms with Gasteiger partial charge in [0.15, 0.2) is 5.01 Å². The van der Waals surface area contributed by atoms with Crippen molar-refractivity contribution in [3.8, 4) is 22.1 Å². The number of aromatic nitrogens is 2. The van der Waals surface area contributed by atoms with Crippen LogP contribution in [-0.4, -0.2) is 31.0 Å². The predicted molar refractivity (Wildman–Crippen MR) is 85.2 cm³/mol. The Hall–Kier alpha value is -1.66. The Labute approximate surface area is 129 Å². The van der Waals surface area contributed by atoms with Crippen LogP contribution in [0, 0.1) is 0 Å². The number of nitrogens with one attached hydrogen (secondary N) is 1. The molecule has 0 radical (unpaired) electrons. The van der Waals surface area contributed by atoms with E-state index in [1.807, 2.05) is 18.2 Å². The van der Waals surface area contributed by atoms with Crippen LogP contribution >= 0.6 is 11.3 Å². The van der Waals surface area contributed by atoms with Crippen LogP contribution in [0.1, 0.15) is 31.3 Å². The van der Waals surface area contributed by atoms with Crippen LogP contribution < -0.4 is 14.8 Å². The second-order valence-electron chi connectivity index (χ2n) is 4.53. The lowest BCUT2D eigenvalue weighted by atomic mass is 10.2. The first-order chi connectivity index (χ1) is 10.2. The van der Waals surface area contributed by atoms with Gasteiger partial charge in [0.05, 0.1) is 25.8 Å². The van der Waals surface area contributed by atoms with E-state index < -0.39 is 0 Å². The van der Waals surface area contributed by atoms with Gasteiger partial charge < -0.3 is 14.8 Å². The maximum atomic E-state index is 5.41. The Morgan fingerprint density at radius 1 is 1.19 bits per heavy atom. The lowest BCUT2D eigenvalue weighted by Crippen LogP contribution is -2.19. The van der Waals surface area contributed by atoms with Gasteiger partial charge in [0.1, 0.15) is 16.5 Å². The second kappa shape index (κ2) is 7.38. The SMILES string of the molecule is CCNC(CC)c1nnc(-c2cc(OC)ccc2OC)s1. The van der Waals surface area contributed by atoms with Crippen molar-refractivity contribution in [1.29, 1.82) is 0 Å². The highest BCUT2D eigenvalue weighted by molar-refractivity contribution is 7.14. The van der Waals surface area contributed by atoms with E-state index in [1.165, 1.54) is 0 Å². The van der Waals surface area contributed by atoms with E-state index in [2.05, 4.69) is 29.4 Å². The Balaban J connectivity index is 2.36. The number of hydrogen-bond acceptors (Lipinski definition) is 6. The molecule has 1 N–H and O–H groups in total. The summed E-state index contributed by atoms with van der Waals surface area (Å²) in [5.41, 5.74) is 0.909. The second-order valence-corrected chi connectivity index (χ2v) is 5.54. The summed E-state index contributed by atoms with van der Waals surface area (Å²) in [6, 6.07) is 5.93. The lowest BCUT2D eigenvalue weighted by molar-refractivity contribution is 0.404. The molecule has 21 heavy (non-hydrogen) atoms. The number of ether oxygens (including phenoxy) is 2. The van der Waals surface area contributed by atoms with E-state index in [0.29, 0.717) is 0 Å². The molecular weight excluding hydrogens is 286 g/mol. The minimum atomic E-state index is 0.248. The Morgan fingerprint density at radius 3 is 2.62 bits per heavy atom. The molecule has 0 saturated heterocycles. The summed E-state index contributed by atoms with van der Waals surface area (Å²) in [5, 5.41) is 13.9. The zero-order chi connectivity index (χ0) is 15.2. The van der Waals surface area contributed by atoms with Crippen molar-refractivity contribution in [1.82, 2.24) is 15.5 Å². The molecule has 114 valence electrons. The van der Waals surface area contributed by atoms with Crippen molar-refractivity contribution < 1.29 is 9.47 Å². The van der Waals surface area contributed by atoms with E-state index in [1.54, 1.807) is 25.6 Å². The zero-order valence-electron chi connectivity index (χ0n) is 12.8. The maximum Gasteiger partial charge on any atom is 0.151 e.